The van der Waals surface area contributed by atoms with Gasteiger partial charge in [0.25, 0.3) is 5.91 Å². The zero-order valence-electron chi connectivity index (χ0n) is 15.9. The minimum Gasteiger partial charge on any atom is -0.355 e. The van der Waals surface area contributed by atoms with Gasteiger partial charge in [0.05, 0.1) is 28.4 Å². The highest BCUT2D eigenvalue weighted by molar-refractivity contribution is 7.90. The predicted molar refractivity (Wildman–Crippen MR) is 113 cm³/mol. The van der Waals surface area contributed by atoms with E-state index in [-0.39, 0.29) is 16.2 Å². The van der Waals surface area contributed by atoms with Crippen molar-refractivity contribution in [2.24, 2.45) is 0 Å². The molecule has 1 aromatic carbocycles. The number of pyridine rings is 1. The van der Waals surface area contributed by atoms with Crippen LogP contribution >= 0.6 is 11.3 Å². The van der Waals surface area contributed by atoms with Gasteiger partial charge in [-0.1, -0.05) is 5.16 Å². The molecule has 4 aromatic rings. The van der Waals surface area contributed by atoms with Crippen molar-refractivity contribution >= 4 is 32.2 Å². The third-order valence-corrected chi connectivity index (χ3v) is 6.12. The van der Waals surface area contributed by atoms with E-state index in [1.54, 1.807) is 29.6 Å². The van der Waals surface area contributed by atoms with Crippen molar-refractivity contribution in [3.63, 3.8) is 0 Å². The van der Waals surface area contributed by atoms with E-state index in [4.69, 9.17) is 9.78 Å². The molecule has 31 heavy (non-hydrogen) atoms. The van der Waals surface area contributed by atoms with Crippen LogP contribution in [-0.4, -0.2) is 35.7 Å². The van der Waals surface area contributed by atoms with E-state index < -0.39 is 15.7 Å². The Kier molecular flexibility index (Phi) is 5.33. The van der Waals surface area contributed by atoms with Gasteiger partial charge in [0.15, 0.2) is 20.7 Å². The summed E-state index contributed by atoms with van der Waals surface area (Å²) in [5, 5.41) is 17.5. The number of aromatic nitrogens is 3. The number of amides is 1. The lowest BCUT2D eigenvalue weighted by atomic mass is 10.1. The van der Waals surface area contributed by atoms with Crippen molar-refractivity contribution in [1.29, 1.82) is 5.26 Å². The van der Waals surface area contributed by atoms with E-state index in [1.807, 2.05) is 6.07 Å². The molecule has 0 radical (unpaired) electrons. The number of carbonyl (C=O) groups is 1. The molecule has 1 N–H and O–H groups in total. The van der Waals surface area contributed by atoms with Gasteiger partial charge >= 0.3 is 0 Å². The van der Waals surface area contributed by atoms with E-state index in [1.165, 1.54) is 35.9 Å². The summed E-state index contributed by atoms with van der Waals surface area (Å²) in [6, 6.07) is 11.2. The predicted octanol–water partition coefficient (Wildman–Crippen LogP) is 3.39. The molecule has 3 aromatic heterocycles. The van der Waals surface area contributed by atoms with Gasteiger partial charge in [0.1, 0.15) is 11.3 Å². The molecule has 0 saturated carbocycles. The quantitative estimate of drug-likeness (QED) is 0.487. The Bertz CT molecular complexity index is 1420. The first kappa shape index (κ1) is 20.4. The third kappa shape index (κ3) is 4.35. The molecule has 3 heterocycles. The summed E-state index contributed by atoms with van der Waals surface area (Å²) in [7, 11) is -3.34. The highest BCUT2D eigenvalue weighted by Crippen LogP contribution is 2.28. The Morgan fingerprint density at radius 3 is 2.68 bits per heavy atom. The molecule has 0 bridgehead atoms. The monoisotopic (exact) mass is 451 g/mol. The summed E-state index contributed by atoms with van der Waals surface area (Å²) >= 11 is 1.21. The molecule has 0 aliphatic rings. The van der Waals surface area contributed by atoms with E-state index in [0.717, 1.165) is 6.26 Å². The van der Waals surface area contributed by atoms with Crippen molar-refractivity contribution < 1.29 is 17.7 Å². The maximum Gasteiger partial charge on any atom is 0.263 e. The fourth-order valence-corrected chi connectivity index (χ4v) is 4.05. The van der Waals surface area contributed by atoms with Crippen LogP contribution in [0.1, 0.15) is 15.9 Å². The minimum atomic E-state index is -3.34. The van der Waals surface area contributed by atoms with Gasteiger partial charge in [0, 0.05) is 23.4 Å². The summed E-state index contributed by atoms with van der Waals surface area (Å²) in [6.07, 6.45) is 3.91. The third-order valence-electron chi connectivity index (χ3n) is 4.24. The van der Waals surface area contributed by atoms with Crippen LogP contribution in [0.3, 0.4) is 0 Å². The molecule has 0 atom stereocenters. The van der Waals surface area contributed by atoms with Crippen LogP contribution in [0.15, 0.2) is 63.6 Å². The average molecular weight is 451 g/mol. The first-order valence-corrected chi connectivity index (χ1v) is 11.5. The Labute approximate surface area is 180 Å². The van der Waals surface area contributed by atoms with Gasteiger partial charge < -0.3 is 4.52 Å². The van der Waals surface area contributed by atoms with Crippen molar-refractivity contribution in [2.75, 3.05) is 11.6 Å². The number of benzene rings is 1. The molecule has 1 amide bonds. The number of hydrogen-bond acceptors (Lipinski definition) is 9. The average Bonchev–Trinajstić information content (AvgIpc) is 3.43. The van der Waals surface area contributed by atoms with Crippen molar-refractivity contribution in [2.45, 2.75) is 4.90 Å². The molecular formula is C20H13N5O4S2. The number of nitrogens with one attached hydrogen (secondary N) is 1. The molecule has 4 rings (SSSR count). The van der Waals surface area contributed by atoms with Crippen molar-refractivity contribution in [1.82, 2.24) is 15.1 Å². The van der Waals surface area contributed by atoms with Crippen LogP contribution in [-0.2, 0) is 9.84 Å². The molecular weight excluding hydrogens is 438 g/mol. The SMILES string of the molecule is CS(=O)(=O)c1ccc(-c2oncc2C(=O)Nc2nc(-c3cc(C#N)ccn3)cs2)cc1. The Hall–Kier alpha value is -3.88. The van der Waals surface area contributed by atoms with Crippen LogP contribution < -0.4 is 5.32 Å². The second-order valence-corrected chi connectivity index (χ2v) is 9.27. The van der Waals surface area contributed by atoms with Crippen LogP contribution in [0.25, 0.3) is 22.7 Å². The molecule has 0 spiro atoms. The smallest absolute Gasteiger partial charge is 0.263 e. The summed E-state index contributed by atoms with van der Waals surface area (Å²) in [4.78, 5) is 21.4. The highest BCUT2D eigenvalue weighted by atomic mass is 32.2. The van der Waals surface area contributed by atoms with Gasteiger partial charge in [-0.25, -0.2) is 13.4 Å². The Morgan fingerprint density at radius 2 is 1.97 bits per heavy atom. The summed E-state index contributed by atoms with van der Waals surface area (Å²) in [5.41, 5.74) is 2.19. The molecule has 0 unspecified atom stereocenters. The number of nitriles is 1. The lowest BCUT2D eigenvalue weighted by molar-refractivity contribution is 0.102. The van der Waals surface area contributed by atoms with Crippen molar-refractivity contribution in [3.05, 3.63) is 65.3 Å². The number of rotatable bonds is 5. The Balaban J connectivity index is 1.55. The fourth-order valence-electron chi connectivity index (χ4n) is 2.72. The molecule has 0 fully saturated rings. The second kappa shape index (κ2) is 8.10. The van der Waals surface area contributed by atoms with Crippen LogP contribution in [0.5, 0.6) is 0 Å². The molecule has 0 aliphatic heterocycles. The van der Waals surface area contributed by atoms with Gasteiger partial charge in [0.2, 0.25) is 0 Å². The molecule has 154 valence electrons. The van der Waals surface area contributed by atoms with Crippen LogP contribution in [0, 0.1) is 11.3 Å². The standard InChI is InChI=1S/C20H13N5O4S2/c1-31(27,28)14-4-2-13(3-5-14)18-15(10-23-29-18)19(26)25-20-24-17(11-30-20)16-8-12(9-21)6-7-22-16/h2-8,10-11H,1H3,(H,24,25,26). The van der Waals surface area contributed by atoms with Gasteiger partial charge in [-0.15, -0.1) is 11.3 Å². The van der Waals surface area contributed by atoms with Gasteiger partial charge in [-0.05, 0) is 36.4 Å². The first-order chi connectivity index (χ1) is 14.8. The Morgan fingerprint density at radius 1 is 1.19 bits per heavy atom. The zero-order chi connectivity index (χ0) is 22.0. The van der Waals surface area contributed by atoms with E-state index in [2.05, 4.69) is 20.4 Å². The summed E-state index contributed by atoms with van der Waals surface area (Å²) < 4.78 is 28.5. The number of carbonyl (C=O) groups excluding carboxylic acids is 1. The van der Waals surface area contributed by atoms with E-state index in [9.17, 15) is 13.2 Å². The summed E-state index contributed by atoms with van der Waals surface area (Å²) in [5.74, 6) is -0.277. The normalized spacial score (nSPS) is 11.1. The topological polar surface area (TPSA) is 139 Å². The van der Waals surface area contributed by atoms with E-state index in [0.29, 0.717) is 27.6 Å². The molecule has 0 aliphatic carbocycles. The van der Waals surface area contributed by atoms with Gasteiger partial charge in [-0.3, -0.25) is 15.1 Å². The largest absolute Gasteiger partial charge is 0.355 e. The minimum absolute atomic E-state index is 0.158. The van der Waals surface area contributed by atoms with Gasteiger partial charge in [-0.2, -0.15) is 5.26 Å². The number of anilines is 1. The molecule has 11 heteroatoms. The maximum absolute atomic E-state index is 12.7. The van der Waals surface area contributed by atoms with E-state index >= 15 is 0 Å². The number of sulfone groups is 1. The highest BCUT2D eigenvalue weighted by Gasteiger charge is 2.20. The molecule has 9 nitrogen and oxygen atoms in total. The lowest BCUT2D eigenvalue weighted by Crippen LogP contribution is -2.11. The first-order valence-electron chi connectivity index (χ1n) is 8.74. The fraction of sp³-hybridized carbons (Fsp3) is 0.0500. The maximum atomic E-state index is 12.7. The van der Waals surface area contributed by atoms with Crippen LogP contribution in [0.4, 0.5) is 5.13 Å². The number of thiazole rings is 1. The summed E-state index contributed by atoms with van der Waals surface area (Å²) in [6.45, 7) is 0. The number of hydrogen-bond donors (Lipinski definition) is 1. The molecule has 0 saturated heterocycles. The number of nitrogens with zero attached hydrogens (tertiary/aromatic N) is 4. The second-order valence-electron chi connectivity index (χ2n) is 6.40. The lowest BCUT2D eigenvalue weighted by Gasteiger charge is -2.03. The van der Waals surface area contributed by atoms with Crippen molar-refractivity contribution in [3.8, 4) is 28.8 Å². The zero-order valence-corrected chi connectivity index (χ0v) is 17.6. The van der Waals surface area contributed by atoms with Crippen LogP contribution in [0.2, 0.25) is 0 Å².